The van der Waals surface area contributed by atoms with Crippen LogP contribution < -0.4 is 47.9 Å². The number of hydrogen-bond acceptors (Lipinski definition) is 29. The minimum absolute atomic E-state index is 0.0243. The van der Waals surface area contributed by atoms with Crippen molar-refractivity contribution in [2.24, 2.45) is 0 Å². The van der Waals surface area contributed by atoms with Gasteiger partial charge in [-0.1, -0.05) is 31.0 Å². The quantitative estimate of drug-likeness (QED) is 0.0274. The number of nitrogens with zero attached hydrogens (tertiary/aromatic N) is 1. The zero-order valence-electron chi connectivity index (χ0n) is 64.1. The van der Waals surface area contributed by atoms with E-state index in [1.54, 1.807) is 0 Å². The molecule has 2 aromatic rings. The number of carbonyl (C=O) groups is 10. The van der Waals surface area contributed by atoms with Gasteiger partial charge in [-0.25, -0.2) is 0 Å². The Hall–Kier alpha value is -7.10. The molecular weight excluding hydrogens is 1470 g/mol. The molecule has 0 aliphatic carbocycles. The van der Waals surface area contributed by atoms with Crippen molar-refractivity contribution in [3.05, 3.63) is 36.0 Å². The van der Waals surface area contributed by atoms with Crippen LogP contribution in [0.3, 0.4) is 0 Å². The molecular formula is C72H118N10O29. The Kier molecular flexibility index (Phi) is 42.7. The number of ketones is 1. The fourth-order valence-corrected chi connectivity index (χ4v) is 12.4. The summed E-state index contributed by atoms with van der Waals surface area (Å²) in [5, 5.41) is 116. The molecule has 0 saturated carbocycles. The SMILES string of the molecule is CC(=O)NC1C(OCCOCCNC(=O)C(CCC(=O)NCCOCCOC2OC(CO)C(O)C(O)C2NC(C)=O)NC(=O)CCC(NC(=O)CCCCCCC(=O)NCCCc2cn(CC(CO)OC(C)(C)C)c3ccccc23)C(=O)NCCOCCOC2OC(CO)C(O)C(O)C2NC(C)=O)OC(CO)C(=O)C1O. The standard InChI is InChI=1S/C72H118N10O29/c1-42(87)77-58-64(97)61(94)51(39-84)108-69(58)105-33-30-102-27-24-74-55(91)21-19-48(67(100)75-25-28-103-31-34-106-70-59(78-43(2)88)65(98)62(95)52(40-85)109-70)81-57(93)22-20-49(68(101)76-26-29-104-32-35-107-71-60(79-44(3)89)66(99)63(96)53(41-86)110-71)80-56(92)18-10-8-7-9-17-54(90)73-23-13-14-45-36-82(50-16-12-11-15-47(45)50)37-46(38-83)111-72(4,5)6/h11-12,15-16,36,46,48-49,51-53,58-61,63-66,69-71,83-86,94,96-99H,7-10,13-14,17-35,37-41H2,1-6H3,(H,73,90)(H,74,91)(H,75,100)(H,76,101)(H,77,87)(H,78,88)(H,79,89)(H,80,92)(H,81,93). The maximum Gasteiger partial charge on any atom is 0.242 e. The molecule has 18 N–H and O–H groups in total. The maximum absolute atomic E-state index is 13.9. The number of nitrogens with one attached hydrogen (secondary N) is 9. The van der Waals surface area contributed by atoms with E-state index in [9.17, 15) is 93.9 Å². The molecule has 3 saturated heterocycles. The maximum atomic E-state index is 13.9. The van der Waals surface area contributed by atoms with E-state index >= 15 is 0 Å². The largest absolute Gasteiger partial charge is 0.394 e. The summed E-state index contributed by atoms with van der Waals surface area (Å²) in [6.07, 6.45) is -11.5. The Morgan fingerprint density at radius 3 is 1.42 bits per heavy atom. The first-order valence-electron chi connectivity index (χ1n) is 37.6. The zero-order valence-corrected chi connectivity index (χ0v) is 64.1. The van der Waals surface area contributed by atoms with Gasteiger partial charge in [-0.15, -0.1) is 0 Å². The number of para-hydroxylation sites is 1. The summed E-state index contributed by atoms with van der Waals surface area (Å²) < 4.78 is 58.5. The molecule has 0 spiro atoms. The van der Waals surface area contributed by atoms with E-state index in [2.05, 4.69) is 58.6 Å². The Morgan fingerprint density at radius 1 is 0.505 bits per heavy atom. The number of benzene rings is 1. The topological polar surface area (TPSA) is 558 Å². The van der Waals surface area contributed by atoms with Crippen molar-refractivity contribution in [1.29, 1.82) is 0 Å². The first-order chi connectivity index (χ1) is 53.0. The molecule has 4 heterocycles. The number of aromatic nitrogens is 1. The third kappa shape index (κ3) is 33.5. The molecule has 0 radical (unpaired) electrons. The zero-order chi connectivity index (χ0) is 81.6. The number of carbonyl (C=O) groups excluding carboxylic acids is 10. The number of amides is 9. The Labute approximate surface area is 644 Å². The predicted octanol–water partition coefficient (Wildman–Crippen LogP) is -5.78. The third-order valence-corrected chi connectivity index (χ3v) is 17.9. The second kappa shape index (κ2) is 50.2. The Bertz CT molecular complexity index is 3200. The van der Waals surface area contributed by atoms with Crippen molar-refractivity contribution < 1.29 is 141 Å². The van der Waals surface area contributed by atoms with Crippen LogP contribution in [0.15, 0.2) is 30.5 Å². The summed E-state index contributed by atoms with van der Waals surface area (Å²) in [5.41, 5.74) is 1.70. The molecule has 0 bridgehead atoms. The van der Waals surface area contributed by atoms with Crippen LogP contribution in [0.25, 0.3) is 10.9 Å². The van der Waals surface area contributed by atoms with Crippen LogP contribution in [0.2, 0.25) is 0 Å². The van der Waals surface area contributed by atoms with E-state index in [-0.39, 0.29) is 124 Å². The van der Waals surface area contributed by atoms with E-state index in [1.165, 1.54) is 13.8 Å². The van der Waals surface area contributed by atoms with Gasteiger partial charge >= 0.3 is 0 Å². The summed E-state index contributed by atoms with van der Waals surface area (Å²) in [6.45, 7) is 6.67. The second-order valence-corrected chi connectivity index (χ2v) is 28.0. The molecule has 630 valence electrons. The minimum atomic E-state index is -1.74. The van der Waals surface area contributed by atoms with Crippen LogP contribution in [-0.4, -0.2) is 331 Å². The van der Waals surface area contributed by atoms with Gasteiger partial charge in [-0.05, 0) is 70.9 Å². The third-order valence-electron chi connectivity index (χ3n) is 17.9. The fraction of sp³-hybridized carbons (Fsp3) is 0.750. The second-order valence-electron chi connectivity index (χ2n) is 28.0. The lowest BCUT2D eigenvalue weighted by Gasteiger charge is -2.42. The van der Waals surface area contributed by atoms with Gasteiger partial charge in [0.15, 0.2) is 24.7 Å². The molecule has 9 amide bonds. The Balaban J connectivity index is 1.15. The number of ether oxygens (including phenoxy) is 10. The summed E-state index contributed by atoms with van der Waals surface area (Å²) in [4.78, 5) is 129. The smallest absolute Gasteiger partial charge is 0.242 e. The van der Waals surface area contributed by atoms with Crippen LogP contribution >= 0.6 is 0 Å². The molecule has 1 aromatic heterocycles. The van der Waals surface area contributed by atoms with Gasteiger partial charge in [0.1, 0.15) is 79.0 Å². The molecule has 5 rings (SSSR count). The number of hydrogen-bond donors (Lipinski definition) is 18. The van der Waals surface area contributed by atoms with Crippen molar-refractivity contribution in [1.82, 2.24) is 52.4 Å². The van der Waals surface area contributed by atoms with Gasteiger partial charge in [0.2, 0.25) is 53.2 Å². The monoisotopic (exact) mass is 1590 g/mol. The van der Waals surface area contributed by atoms with Crippen molar-refractivity contribution in [2.45, 2.75) is 235 Å². The molecule has 17 unspecified atom stereocenters. The highest BCUT2D eigenvalue weighted by atomic mass is 16.7. The molecule has 1 aromatic carbocycles. The molecule has 39 heteroatoms. The van der Waals surface area contributed by atoms with Crippen molar-refractivity contribution >= 4 is 69.9 Å². The normalized spacial score (nSPS) is 24.2. The van der Waals surface area contributed by atoms with Crippen LogP contribution in [-0.2, 0) is 108 Å². The van der Waals surface area contributed by atoms with E-state index in [1.807, 2.05) is 45.0 Å². The molecule has 3 fully saturated rings. The summed E-state index contributed by atoms with van der Waals surface area (Å²) >= 11 is 0. The number of unbranched alkanes of at least 4 members (excludes halogenated alkanes) is 3. The Morgan fingerprint density at radius 2 is 0.946 bits per heavy atom. The van der Waals surface area contributed by atoms with Crippen molar-refractivity contribution in [2.75, 3.05) is 112 Å². The number of fused-ring (bicyclic) bond motifs is 1. The summed E-state index contributed by atoms with van der Waals surface area (Å²) in [6, 6.07) is 1.66. The average molecular weight is 1590 g/mol. The minimum Gasteiger partial charge on any atom is -0.394 e. The number of aliphatic hydroxyl groups excluding tert-OH is 9. The number of Topliss-reactive ketones (excluding diaryl/α,β-unsaturated/α-hetero) is 1. The summed E-state index contributed by atoms with van der Waals surface area (Å²) in [5.74, 6) is -5.97. The van der Waals surface area contributed by atoms with Gasteiger partial charge in [0, 0.05) is 89.7 Å². The molecule has 111 heavy (non-hydrogen) atoms. The lowest BCUT2D eigenvalue weighted by Crippen LogP contribution is -2.64. The highest BCUT2D eigenvalue weighted by Gasteiger charge is 2.48. The van der Waals surface area contributed by atoms with Crippen LogP contribution in [0, 0.1) is 0 Å². The van der Waals surface area contributed by atoms with E-state index in [0.717, 1.165) is 23.4 Å². The van der Waals surface area contributed by atoms with Crippen LogP contribution in [0.4, 0.5) is 0 Å². The molecule has 39 nitrogen and oxygen atoms in total. The first kappa shape index (κ1) is 94.5. The predicted molar refractivity (Wildman–Crippen MR) is 389 cm³/mol. The van der Waals surface area contributed by atoms with Gasteiger partial charge in [-0.3, -0.25) is 47.9 Å². The summed E-state index contributed by atoms with van der Waals surface area (Å²) in [7, 11) is 0. The van der Waals surface area contributed by atoms with Crippen molar-refractivity contribution in [3.8, 4) is 0 Å². The lowest BCUT2D eigenvalue weighted by atomic mass is 9.97. The number of aryl methyl sites for hydroxylation is 1. The fourth-order valence-electron chi connectivity index (χ4n) is 12.4. The average Bonchev–Trinajstić information content (AvgIpc) is 1.42. The first-order valence-corrected chi connectivity index (χ1v) is 37.6. The molecule has 3 aliphatic rings. The number of aliphatic hydroxyl groups is 9. The highest BCUT2D eigenvalue weighted by molar-refractivity contribution is 5.91. The van der Waals surface area contributed by atoms with Crippen LogP contribution in [0.1, 0.15) is 118 Å². The lowest BCUT2D eigenvalue weighted by molar-refractivity contribution is -0.272. The number of rotatable bonds is 52. The van der Waals surface area contributed by atoms with Gasteiger partial charge < -0.3 is 146 Å². The van der Waals surface area contributed by atoms with E-state index < -0.39 is 189 Å². The van der Waals surface area contributed by atoms with Gasteiger partial charge in [-0.2, -0.15) is 0 Å². The highest BCUT2D eigenvalue weighted by Crippen LogP contribution is 2.27. The van der Waals surface area contributed by atoms with Crippen LogP contribution in [0.5, 0.6) is 0 Å². The van der Waals surface area contributed by atoms with E-state index in [4.69, 9.17) is 47.4 Å². The molecule has 3 aliphatic heterocycles. The van der Waals surface area contributed by atoms with Gasteiger partial charge in [0.05, 0.1) is 104 Å². The van der Waals surface area contributed by atoms with Gasteiger partial charge in [0.25, 0.3) is 0 Å². The molecule has 17 atom stereocenters. The van der Waals surface area contributed by atoms with E-state index in [0.29, 0.717) is 51.6 Å². The van der Waals surface area contributed by atoms with Crippen molar-refractivity contribution in [3.63, 3.8) is 0 Å².